The minimum Gasteiger partial charge on any atom is -0.440 e. The summed E-state index contributed by atoms with van der Waals surface area (Å²) in [4.78, 5) is 28.2. The van der Waals surface area contributed by atoms with Crippen molar-refractivity contribution in [1.29, 1.82) is 0 Å². The number of hydrogen-bond donors (Lipinski definition) is 1. The number of nitrogens with one attached hydrogen (secondary N) is 1. The van der Waals surface area contributed by atoms with E-state index >= 15 is 0 Å². The molecule has 1 saturated heterocycles. The number of piperazine rings is 1. The van der Waals surface area contributed by atoms with Gasteiger partial charge in [-0.3, -0.25) is 14.5 Å². The van der Waals surface area contributed by atoms with E-state index in [1.807, 2.05) is 6.92 Å². The van der Waals surface area contributed by atoms with E-state index in [4.69, 9.17) is 16.0 Å². The molecule has 0 bridgehead atoms. The Morgan fingerprint density at radius 2 is 1.95 bits per heavy atom. The molecule has 2 heterocycles. The van der Waals surface area contributed by atoms with Crippen LogP contribution in [0.5, 0.6) is 0 Å². The van der Waals surface area contributed by atoms with Crippen LogP contribution in [0.15, 0.2) is 16.5 Å². The molecule has 0 spiro atoms. The topological polar surface area (TPSA) is 65.8 Å². The third kappa shape index (κ3) is 3.44. The Morgan fingerprint density at radius 3 is 2.50 bits per heavy atom. The normalized spacial score (nSPS) is 20.7. The largest absolute Gasteiger partial charge is 0.440 e. The van der Waals surface area contributed by atoms with Gasteiger partial charge in [0.1, 0.15) is 0 Å². The average molecular weight is 326 g/mol. The van der Waals surface area contributed by atoms with Crippen LogP contribution in [0.4, 0.5) is 0 Å². The van der Waals surface area contributed by atoms with Gasteiger partial charge in [0.2, 0.25) is 5.91 Å². The van der Waals surface area contributed by atoms with Crippen molar-refractivity contribution >= 4 is 23.4 Å². The van der Waals surface area contributed by atoms with Crippen LogP contribution in [0.3, 0.4) is 0 Å². The van der Waals surface area contributed by atoms with Crippen LogP contribution in [0.1, 0.15) is 30.3 Å². The number of carbonyl (C=O) groups excluding carboxylic acids is 2. The highest BCUT2D eigenvalue weighted by Crippen LogP contribution is 2.20. The van der Waals surface area contributed by atoms with Crippen molar-refractivity contribution in [2.45, 2.75) is 31.8 Å². The summed E-state index contributed by atoms with van der Waals surface area (Å²) >= 11 is 5.70. The van der Waals surface area contributed by atoms with Gasteiger partial charge in [-0.2, -0.15) is 0 Å². The molecule has 1 unspecified atom stereocenters. The molecule has 6 nitrogen and oxygen atoms in total. The first-order valence-corrected chi connectivity index (χ1v) is 8.01. The van der Waals surface area contributed by atoms with E-state index in [0.717, 1.165) is 12.8 Å². The summed E-state index contributed by atoms with van der Waals surface area (Å²) in [6.45, 7) is 4.44. The quantitative estimate of drug-likeness (QED) is 0.907. The Hall–Kier alpha value is -1.53. The molecule has 120 valence electrons. The van der Waals surface area contributed by atoms with E-state index in [1.54, 1.807) is 17.0 Å². The van der Waals surface area contributed by atoms with Crippen LogP contribution < -0.4 is 5.32 Å². The Labute approximate surface area is 134 Å². The predicted octanol–water partition coefficient (Wildman–Crippen LogP) is 1.36. The van der Waals surface area contributed by atoms with E-state index in [2.05, 4.69) is 10.2 Å². The Bertz CT molecular complexity index is 562. The van der Waals surface area contributed by atoms with Gasteiger partial charge in [0, 0.05) is 32.2 Å². The predicted molar refractivity (Wildman–Crippen MR) is 81.8 cm³/mol. The molecule has 3 rings (SSSR count). The summed E-state index contributed by atoms with van der Waals surface area (Å²) in [5, 5.41) is 3.24. The van der Waals surface area contributed by atoms with Crippen LogP contribution in [0.2, 0.25) is 5.22 Å². The molecule has 0 aromatic carbocycles. The van der Waals surface area contributed by atoms with E-state index in [9.17, 15) is 9.59 Å². The molecule has 2 amide bonds. The first kappa shape index (κ1) is 15.4. The lowest BCUT2D eigenvalue weighted by molar-refractivity contribution is -0.126. The van der Waals surface area contributed by atoms with E-state index in [-0.39, 0.29) is 28.8 Å². The SMILES string of the molecule is CC(C(=O)NC1CC1)N1CCN(C(=O)c2ccc(Cl)o2)CC1. The minimum atomic E-state index is -0.157. The number of carbonyl (C=O) groups is 2. The summed E-state index contributed by atoms with van der Waals surface area (Å²) in [5.74, 6) is 0.194. The lowest BCUT2D eigenvalue weighted by Crippen LogP contribution is -2.55. The molecule has 1 aromatic heterocycles. The average Bonchev–Trinajstić information content (AvgIpc) is 3.24. The minimum absolute atomic E-state index is 0.0834. The highest BCUT2D eigenvalue weighted by atomic mass is 35.5. The van der Waals surface area contributed by atoms with Crippen LogP contribution in [0.25, 0.3) is 0 Å². The Balaban J connectivity index is 1.51. The van der Waals surface area contributed by atoms with E-state index in [0.29, 0.717) is 32.2 Å². The van der Waals surface area contributed by atoms with Crippen LogP contribution >= 0.6 is 11.6 Å². The monoisotopic (exact) mass is 325 g/mol. The van der Waals surface area contributed by atoms with Gasteiger partial charge in [-0.05, 0) is 43.5 Å². The number of amides is 2. The van der Waals surface area contributed by atoms with E-state index in [1.165, 1.54) is 0 Å². The highest BCUT2D eigenvalue weighted by molar-refractivity contribution is 6.29. The second-order valence-electron chi connectivity index (χ2n) is 5.89. The molecule has 7 heteroatoms. The first-order chi connectivity index (χ1) is 10.5. The lowest BCUT2D eigenvalue weighted by Gasteiger charge is -2.37. The fraction of sp³-hybridized carbons (Fsp3) is 0.600. The molecular formula is C15H20ClN3O3. The molecule has 1 atom stereocenters. The van der Waals surface area contributed by atoms with Gasteiger partial charge in [-0.15, -0.1) is 0 Å². The summed E-state index contributed by atoms with van der Waals surface area (Å²) in [5.41, 5.74) is 0. The fourth-order valence-corrected chi connectivity index (χ4v) is 2.76. The zero-order chi connectivity index (χ0) is 15.7. The molecular weight excluding hydrogens is 306 g/mol. The molecule has 0 radical (unpaired) electrons. The first-order valence-electron chi connectivity index (χ1n) is 7.63. The van der Waals surface area contributed by atoms with Crippen molar-refractivity contribution in [3.63, 3.8) is 0 Å². The highest BCUT2D eigenvalue weighted by Gasteiger charge is 2.31. The third-order valence-electron chi connectivity index (χ3n) is 4.24. The van der Waals surface area contributed by atoms with Crippen molar-refractivity contribution in [2.24, 2.45) is 0 Å². The van der Waals surface area contributed by atoms with Crippen LogP contribution in [-0.2, 0) is 4.79 Å². The molecule has 1 saturated carbocycles. The summed E-state index contributed by atoms with van der Waals surface area (Å²) in [7, 11) is 0. The zero-order valence-corrected chi connectivity index (χ0v) is 13.3. The number of hydrogen-bond acceptors (Lipinski definition) is 4. The number of halogens is 1. The zero-order valence-electron chi connectivity index (χ0n) is 12.5. The van der Waals surface area contributed by atoms with Gasteiger partial charge in [-0.1, -0.05) is 0 Å². The maximum Gasteiger partial charge on any atom is 0.289 e. The second kappa shape index (κ2) is 6.30. The second-order valence-corrected chi connectivity index (χ2v) is 6.26. The van der Waals surface area contributed by atoms with Gasteiger partial charge >= 0.3 is 0 Å². The Morgan fingerprint density at radius 1 is 1.27 bits per heavy atom. The van der Waals surface area contributed by atoms with Crippen LogP contribution in [0, 0.1) is 0 Å². The molecule has 1 N–H and O–H groups in total. The number of rotatable bonds is 4. The molecule has 22 heavy (non-hydrogen) atoms. The maximum atomic E-state index is 12.3. The van der Waals surface area contributed by atoms with Crippen molar-refractivity contribution < 1.29 is 14.0 Å². The Kier molecular flexibility index (Phi) is 4.40. The van der Waals surface area contributed by atoms with Gasteiger partial charge in [0.05, 0.1) is 6.04 Å². The van der Waals surface area contributed by atoms with Crippen molar-refractivity contribution in [3.05, 3.63) is 23.1 Å². The van der Waals surface area contributed by atoms with Crippen molar-refractivity contribution in [3.8, 4) is 0 Å². The maximum absolute atomic E-state index is 12.3. The number of furan rings is 1. The molecule has 1 aliphatic carbocycles. The van der Waals surface area contributed by atoms with Crippen molar-refractivity contribution in [2.75, 3.05) is 26.2 Å². The summed E-state index contributed by atoms with van der Waals surface area (Å²) < 4.78 is 5.16. The van der Waals surface area contributed by atoms with Gasteiger partial charge < -0.3 is 14.6 Å². The number of nitrogens with zero attached hydrogens (tertiary/aromatic N) is 2. The summed E-state index contributed by atoms with van der Waals surface area (Å²) in [6.07, 6.45) is 2.18. The van der Waals surface area contributed by atoms with Crippen molar-refractivity contribution in [1.82, 2.24) is 15.1 Å². The van der Waals surface area contributed by atoms with E-state index < -0.39 is 0 Å². The standard InChI is InChI=1S/C15H20ClN3O3/c1-10(14(20)17-11-2-3-11)18-6-8-19(9-7-18)15(21)12-4-5-13(16)22-12/h4-5,10-11H,2-3,6-9H2,1H3,(H,17,20). The smallest absolute Gasteiger partial charge is 0.289 e. The molecule has 2 aliphatic rings. The third-order valence-corrected chi connectivity index (χ3v) is 4.44. The van der Waals surface area contributed by atoms with Gasteiger partial charge in [0.25, 0.3) is 5.91 Å². The summed E-state index contributed by atoms with van der Waals surface area (Å²) in [6, 6.07) is 3.37. The fourth-order valence-electron chi connectivity index (χ4n) is 2.61. The lowest BCUT2D eigenvalue weighted by atomic mass is 10.2. The molecule has 1 aromatic rings. The van der Waals surface area contributed by atoms with Crippen LogP contribution in [-0.4, -0.2) is 59.9 Å². The van der Waals surface area contributed by atoms with Gasteiger partial charge in [-0.25, -0.2) is 0 Å². The molecule has 1 aliphatic heterocycles. The molecule has 2 fully saturated rings. The van der Waals surface area contributed by atoms with Gasteiger partial charge in [0.15, 0.2) is 11.0 Å².